The largest absolute Gasteiger partial charge is 0.495 e. The normalized spacial score (nSPS) is 43.7. The highest BCUT2D eigenvalue weighted by Crippen LogP contribution is 2.87. The molecule has 0 aromatic heterocycles. The monoisotopic (exact) mass is 526 g/mol. The van der Waals surface area contributed by atoms with Crippen molar-refractivity contribution in [2.75, 3.05) is 6.61 Å². The highest BCUT2D eigenvalue weighted by atomic mass is 16.5. The summed E-state index contributed by atoms with van der Waals surface area (Å²) in [5, 5.41) is 17.7. The summed E-state index contributed by atoms with van der Waals surface area (Å²) in [7, 11) is 0. The molecule has 0 bridgehead atoms. The Hall–Kier alpha value is -1.95. The van der Waals surface area contributed by atoms with E-state index in [2.05, 4.69) is 46.5 Å². The number of aliphatic carboxylic acids is 1. The van der Waals surface area contributed by atoms with Gasteiger partial charge in [0.15, 0.2) is 0 Å². The number of carboxylic acids is 1. The van der Waals surface area contributed by atoms with E-state index in [1.807, 2.05) is 13.8 Å². The van der Waals surface area contributed by atoms with Crippen LogP contribution in [0.4, 0.5) is 0 Å². The fourth-order valence-corrected chi connectivity index (χ4v) is 10.4. The molecular weight excluding hydrogens is 476 g/mol. The first-order chi connectivity index (χ1) is 17.9. The van der Waals surface area contributed by atoms with E-state index in [0.717, 1.165) is 50.0 Å². The minimum absolute atomic E-state index is 0.194. The van der Waals surface area contributed by atoms with E-state index < -0.39 is 11.6 Å². The zero-order valence-electron chi connectivity index (χ0n) is 24.5. The summed E-state index contributed by atoms with van der Waals surface area (Å²) in [6.45, 7) is 13.4. The second-order valence-corrected chi connectivity index (χ2v) is 13.4. The van der Waals surface area contributed by atoms with Crippen molar-refractivity contribution in [2.24, 2.45) is 39.9 Å². The standard InChI is InChI=1S/C27H42O3.C2H4O2.2C2H2/c1-16-19-8-9-20-22-14-23-21(7-6-18(30-23)15-24(3,4)28)25(22,5)10-11-26(20)17(2)27(19,26)12-13-29-16;1-2(3)4;2*1-2/h16-20,22,28H,6-15H2,1-5H3;1H3,(H,3,4);2*1-2H/t16?,17-,18+,19?,20-,22?,25+,26-,27?;;;/m0.../s1. The lowest BCUT2D eigenvalue weighted by Crippen LogP contribution is -2.50. The number of aliphatic hydroxyl groups is 1. The molecule has 2 spiro atoms. The molecule has 1 saturated heterocycles. The number of carboxylic acid groups (broad SMARTS) is 1. The van der Waals surface area contributed by atoms with Crippen LogP contribution in [0.15, 0.2) is 11.3 Å². The van der Waals surface area contributed by atoms with Crippen LogP contribution in [0.25, 0.3) is 0 Å². The average Bonchev–Trinajstić information content (AvgIpc) is 3.22. The van der Waals surface area contributed by atoms with Gasteiger partial charge in [0.05, 0.1) is 17.5 Å². The molecule has 4 aliphatic carbocycles. The molecule has 5 heteroatoms. The Labute approximate surface area is 231 Å². The van der Waals surface area contributed by atoms with Crippen LogP contribution in [0.3, 0.4) is 0 Å². The van der Waals surface area contributed by atoms with Crippen LogP contribution < -0.4 is 0 Å². The summed E-state index contributed by atoms with van der Waals surface area (Å²) in [5.74, 6) is 3.82. The van der Waals surface area contributed by atoms with Crippen LogP contribution in [0.2, 0.25) is 0 Å². The maximum Gasteiger partial charge on any atom is 0.300 e. The lowest BCUT2D eigenvalue weighted by molar-refractivity contribution is -0.134. The van der Waals surface area contributed by atoms with Crippen LogP contribution in [0.1, 0.15) is 99.3 Å². The number of terminal acetylenes is 2. The topological polar surface area (TPSA) is 76.0 Å². The van der Waals surface area contributed by atoms with Gasteiger partial charge >= 0.3 is 0 Å². The summed E-state index contributed by atoms with van der Waals surface area (Å²) in [4.78, 5) is 9.00. The zero-order valence-corrected chi connectivity index (χ0v) is 24.5. The molecule has 4 fully saturated rings. The second-order valence-electron chi connectivity index (χ2n) is 13.4. The van der Waals surface area contributed by atoms with E-state index in [1.165, 1.54) is 50.7 Å². The van der Waals surface area contributed by atoms with Crippen molar-refractivity contribution < 1.29 is 24.5 Å². The Morgan fingerprint density at radius 3 is 2.18 bits per heavy atom. The van der Waals surface area contributed by atoms with Crippen molar-refractivity contribution in [1.29, 1.82) is 0 Å². The van der Waals surface area contributed by atoms with E-state index in [0.29, 0.717) is 22.3 Å². The van der Waals surface area contributed by atoms with Crippen molar-refractivity contribution in [2.45, 2.75) is 117 Å². The van der Waals surface area contributed by atoms with Gasteiger partial charge in [-0.3, -0.25) is 4.79 Å². The summed E-state index contributed by atoms with van der Waals surface area (Å²) in [6.07, 6.45) is 27.7. The van der Waals surface area contributed by atoms with Crippen LogP contribution >= 0.6 is 0 Å². The summed E-state index contributed by atoms with van der Waals surface area (Å²) in [5.41, 5.74) is 2.54. The molecule has 212 valence electrons. The first-order valence-electron chi connectivity index (χ1n) is 14.5. The first-order valence-corrected chi connectivity index (χ1v) is 14.5. The molecule has 4 unspecified atom stereocenters. The third-order valence-corrected chi connectivity index (χ3v) is 11.4. The van der Waals surface area contributed by atoms with Crippen molar-refractivity contribution in [3.63, 3.8) is 0 Å². The van der Waals surface area contributed by atoms with Crippen molar-refractivity contribution in [3.05, 3.63) is 11.3 Å². The van der Waals surface area contributed by atoms with Crippen LogP contribution in [-0.4, -0.2) is 40.6 Å². The van der Waals surface area contributed by atoms with Gasteiger partial charge in [-0.15, -0.1) is 25.7 Å². The summed E-state index contributed by atoms with van der Waals surface area (Å²) in [6, 6.07) is 0. The van der Waals surface area contributed by atoms with Gasteiger partial charge in [0, 0.05) is 26.4 Å². The molecule has 6 aliphatic rings. The number of fused-ring (bicyclic) bond motifs is 3. The number of hydrogen-bond donors (Lipinski definition) is 2. The van der Waals surface area contributed by atoms with E-state index >= 15 is 0 Å². The van der Waals surface area contributed by atoms with Crippen LogP contribution in [0.5, 0.6) is 0 Å². The van der Waals surface area contributed by atoms with Gasteiger partial charge in [0.2, 0.25) is 0 Å². The number of carbonyl (C=O) groups is 1. The molecule has 0 amide bonds. The van der Waals surface area contributed by atoms with Gasteiger partial charge in [-0.05, 0) is 111 Å². The predicted molar refractivity (Wildman–Crippen MR) is 151 cm³/mol. The molecule has 2 aliphatic heterocycles. The minimum atomic E-state index is -0.833. The Morgan fingerprint density at radius 1 is 1.00 bits per heavy atom. The molecule has 2 N–H and O–H groups in total. The van der Waals surface area contributed by atoms with E-state index in [-0.39, 0.29) is 6.10 Å². The first kappa shape index (κ1) is 30.6. The van der Waals surface area contributed by atoms with E-state index in [4.69, 9.17) is 19.4 Å². The molecule has 9 atom stereocenters. The summed E-state index contributed by atoms with van der Waals surface area (Å²) < 4.78 is 12.8. The fraction of sp³-hybridized carbons (Fsp3) is 0.788. The average molecular weight is 527 g/mol. The maximum atomic E-state index is 10.3. The molecule has 5 nitrogen and oxygen atoms in total. The fourth-order valence-electron chi connectivity index (χ4n) is 10.4. The number of rotatable bonds is 2. The van der Waals surface area contributed by atoms with E-state index in [9.17, 15) is 5.11 Å². The summed E-state index contributed by atoms with van der Waals surface area (Å²) >= 11 is 0. The van der Waals surface area contributed by atoms with Gasteiger partial charge in [0.1, 0.15) is 6.10 Å². The highest BCUT2D eigenvalue weighted by molar-refractivity contribution is 5.62. The van der Waals surface area contributed by atoms with Crippen molar-refractivity contribution in [3.8, 4) is 25.7 Å². The van der Waals surface area contributed by atoms with Crippen LogP contribution in [-0.2, 0) is 14.3 Å². The Balaban J connectivity index is 0.000000452. The van der Waals surface area contributed by atoms with Crippen molar-refractivity contribution >= 4 is 5.97 Å². The smallest absolute Gasteiger partial charge is 0.300 e. The van der Waals surface area contributed by atoms with Crippen LogP contribution in [0, 0.1) is 65.6 Å². The minimum Gasteiger partial charge on any atom is -0.495 e. The lowest BCUT2D eigenvalue weighted by Gasteiger charge is -2.55. The van der Waals surface area contributed by atoms with Gasteiger partial charge in [-0.1, -0.05) is 13.8 Å². The van der Waals surface area contributed by atoms with Crippen molar-refractivity contribution in [1.82, 2.24) is 0 Å². The third kappa shape index (κ3) is 4.59. The molecule has 0 aromatic carbocycles. The molecular formula is C33H50O5. The second kappa shape index (κ2) is 10.9. The molecule has 3 saturated carbocycles. The SMILES string of the molecule is C#C.C#C.CC(=O)O.CC1OCCC23C1CC[C@H]1C4CC5=C(CC[C@H](CC(C)(C)O)O5)[C@@]4(C)CC[C@]12[C@@H]3C. The van der Waals surface area contributed by atoms with Gasteiger partial charge in [-0.25, -0.2) is 0 Å². The van der Waals surface area contributed by atoms with E-state index in [1.54, 1.807) is 5.57 Å². The molecule has 6 rings (SSSR count). The quantitative estimate of drug-likeness (QED) is 0.405. The number of allylic oxidation sites excluding steroid dienone is 2. The van der Waals surface area contributed by atoms with Gasteiger partial charge in [-0.2, -0.15) is 0 Å². The lowest BCUT2D eigenvalue weighted by atomic mass is 9.50. The Bertz CT molecular complexity index is 945. The number of ether oxygens (including phenoxy) is 2. The third-order valence-electron chi connectivity index (χ3n) is 11.4. The molecule has 0 aromatic rings. The van der Waals surface area contributed by atoms with Gasteiger partial charge in [0.25, 0.3) is 5.97 Å². The Kier molecular flexibility index (Phi) is 8.78. The number of hydrogen-bond acceptors (Lipinski definition) is 4. The molecule has 38 heavy (non-hydrogen) atoms. The van der Waals surface area contributed by atoms with Gasteiger partial charge < -0.3 is 19.7 Å². The zero-order chi connectivity index (χ0) is 28.7. The molecule has 2 heterocycles. The molecule has 0 radical (unpaired) electrons. The maximum absolute atomic E-state index is 10.3. The Morgan fingerprint density at radius 2 is 1.58 bits per heavy atom. The highest BCUT2D eigenvalue weighted by Gasteiger charge is 2.83. The predicted octanol–water partition coefficient (Wildman–Crippen LogP) is 6.45.